The van der Waals surface area contributed by atoms with Gasteiger partial charge in [0.25, 0.3) is 6.43 Å². The van der Waals surface area contributed by atoms with Crippen LogP contribution in [0, 0.1) is 6.92 Å². The highest BCUT2D eigenvalue weighted by Gasteiger charge is 2.18. The molecule has 0 saturated carbocycles. The molecule has 0 aliphatic heterocycles. The van der Waals surface area contributed by atoms with Gasteiger partial charge in [-0.25, -0.2) is 18.7 Å². The third kappa shape index (κ3) is 4.39. The molecule has 140 valence electrons. The number of nitrogens with one attached hydrogen (secondary N) is 1. The van der Waals surface area contributed by atoms with Crippen LogP contribution in [0.25, 0.3) is 10.9 Å². The SMILES string of the molecule is Cc1cc(Br)ccc1NC(=O)CN(C)c1nc(C(F)F)nc2ccccc12. The number of rotatable bonds is 5. The number of anilines is 2. The second-order valence-corrected chi connectivity index (χ2v) is 7.00. The number of hydrogen-bond acceptors (Lipinski definition) is 4. The molecule has 0 unspecified atom stereocenters. The maximum Gasteiger partial charge on any atom is 0.297 e. The number of alkyl halides is 2. The van der Waals surface area contributed by atoms with Gasteiger partial charge < -0.3 is 10.2 Å². The van der Waals surface area contributed by atoms with Gasteiger partial charge in [0.1, 0.15) is 5.82 Å². The second kappa shape index (κ2) is 7.96. The third-order valence-corrected chi connectivity index (χ3v) is 4.49. The largest absolute Gasteiger partial charge is 0.350 e. The van der Waals surface area contributed by atoms with Gasteiger partial charge in [0, 0.05) is 22.6 Å². The van der Waals surface area contributed by atoms with Crippen molar-refractivity contribution in [3.05, 3.63) is 58.3 Å². The van der Waals surface area contributed by atoms with Crippen molar-refractivity contribution in [3.8, 4) is 0 Å². The van der Waals surface area contributed by atoms with Crippen molar-refractivity contribution in [2.75, 3.05) is 23.8 Å². The van der Waals surface area contributed by atoms with E-state index in [0.29, 0.717) is 22.4 Å². The lowest BCUT2D eigenvalue weighted by atomic mass is 10.2. The molecule has 1 N–H and O–H groups in total. The number of hydrogen-bond donors (Lipinski definition) is 1. The van der Waals surface area contributed by atoms with Crippen molar-refractivity contribution in [1.29, 1.82) is 0 Å². The number of nitrogens with zero attached hydrogens (tertiary/aromatic N) is 3. The molecule has 1 aromatic heterocycles. The van der Waals surface area contributed by atoms with E-state index in [-0.39, 0.29) is 12.5 Å². The zero-order valence-corrected chi connectivity index (χ0v) is 16.3. The summed E-state index contributed by atoms with van der Waals surface area (Å²) in [7, 11) is 1.64. The minimum Gasteiger partial charge on any atom is -0.350 e. The lowest BCUT2D eigenvalue weighted by molar-refractivity contribution is -0.114. The standard InChI is InChI=1S/C19H17BrF2N4O/c1-11-9-12(20)7-8-14(11)23-16(27)10-26(2)19-13-5-3-4-6-15(13)24-18(25-19)17(21)22/h3-9,17H,10H2,1-2H3,(H,23,27). The summed E-state index contributed by atoms with van der Waals surface area (Å²) in [5.41, 5.74) is 2.01. The Hall–Kier alpha value is -2.61. The maximum atomic E-state index is 13.1. The predicted molar refractivity (Wildman–Crippen MR) is 105 cm³/mol. The molecule has 0 aliphatic rings. The number of para-hydroxylation sites is 1. The Balaban J connectivity index is 1.85. The summed E-state index contributed by atoms with van der Waals surface area (Å²) in [6.45, 7) is 1.84. The highest BCUT2D eigenvalue weighted by atomic mass is 79.9. The molecule has 1 amide bonds. The van der Waals surface area contributed by atoms with E-state index in [2.05, 4.69) is 31.2 Å². The first-order chi connectivity index (χ1) is 12.8. The van der Waals surface area contributed by atoms with Gasteiger partial charge in [0.05, 0.1) is 12.1 Å². The number of fused-ring (bicyclic) bond motifs is 1. The van der Waals surface area contributed by atoms with E-state index in [9.17, 15) is 13.6 Å². The van der Waals surface area contributed by atoms with Crippen LogP contribution in [0.4, 0.5) is 20.3 Å². The van der Waals surface area contributed by atoms with Crippen molar-refractivity contribution in [2.45, 2.75) is 13.3 Å². The van der Waals surface area contributed by atoms with Gasteiger partial charge >= 0.3 is 0 Å². The summed E-state index contributed by atoms with van der Waals surface area (Å²) in [5.74, 6) is -0.539. The van der Waals surface area contributed by atoms with Gasteiger partial charge in [-0.05, 0) is 42.8 Å². The second-order valence-electron chi connectivity index (χ2n) is 6.09. The van der Waals surface area contributed by atoms with Crippen LogP contribution >= 0.6 is 15.9 Å². The number of benzene rings is 2. The van der Waals surface area contributed by atoms with Crippen LogP contribution in [0.15, 0.2) is 46.9 Å². The Morgan fingerprint density at radius 2 is 1.96 bits per heavy atom. The number of amides is 1. The van der Waals surface area contributed by atoms with Gasteiger partial charge in [-0.2, -0.15) is 0 Å². The van der Waals surface area contributed by atoms with E-state index in [1.165, 1.54) is 0 Å². The van der Waals surface area contributed by atoms with E-state index in [4.69, 9.17) is 0 Å². The van der Waals surface area contributed by atoms with Gasteiger partial charge in [-0.15, -0.1) is 0 Å². The van der Waals surface area contributed by atoms with Crippen molar-refractivity contribution < 1.29 is 13.6 Å². The van der Waals surface area contributed by atoms with E-state index >= 15 is 0 Å². The van der Waals surface area contributed by atoms with Crippen LogP contribution in [-0.2, 0) is 4.79 Å². The molecule has 8 heteroatoms. The quantitative estimate of drug-likeness (QED) is 0.631. The van der Waals surface area contributed by atoms with Crippen LogP contribution in [-0.4, -0.2) is 29.5 Å². The van der Waals surface area contributed by atoms with Gasteiger partial charge in [-0.3, -0.25) is 4.79 Å². The summed E-state index contributed by atoms with van der Waals surface area (Å²) in [6.07, 6.45) is -2.79. The van der Waals surface area contributed by atoms with Crippen molar-refractivity contribution in [3.63, 3.8) is 0 Å². The first-order valence-electron chi connectivity index (χ1n) is 8.17. The smallest absolute Gasteiger partial charge is 0.297 e. The molecular formula is C19H17BrF2N4O. The Morgan fingerprint density at radius 3 is 2.67 bits per heavy atom. The number of likely N-dealkylation sites (N-methyl/N-ethyl adjacent to an activating group) is 1. The van der Waals surface area contributed by atoms with E-state index in [1.807, 2.05) is 19.1 Å². The summed E-state index contributed by atoms with van der Waals surface area (Å²) >= 11 is 3.38. The van der Waals surface area contributed by atoms with Gasteiger partial charge in [-0.1, -0.05) is 28.1 Å². The molecule has 2 aromatic carbocycles. The van der Waals surface area contributed by atoms with E-state index in [1.54, 1.807) is 42.3 Å². The molecule has 0 bridgehead atoms. The zero-order chi connectivity index (χ0) is 19.6. The lowest BCUT2D eigenvalue weighted by Crippen LogP contribution is -2.31. The maximum absolute atomic E-state index is 13.1. The van der Waals surface area contributed by atoms with Crippen molar-refractivity contribution in [1.82, 2.24) is 9.97 Å². The number of aryl methyl sites for hydroxylation is 1. The van der Waals surface area contributed by atoms with E-state index < -0.39 is 12.2 Å². The highest BCUT2D eigenvalue weighted by Crippen LogP contribution is 2.26. The number of carbonyl (C=O) groups is 1. The monoisotopic (exact) mass is 434 g/mol. The molecule has 3 rings (SSSR count). The molecule has 0 atom stereocenters. The normalized spacial score (nSPS) is 11.0. The molecule has 0 radical (unpaired) electrons. The Bertz CT molecular complexity index is 997. The van der Waals surface area contributed by atoms with Gasteiger partial charge in [0.2, 0.25) is 5.91 Å². The summed E-state index contributed by atoms with van der Waals surface area (Å²) < 4.78 is 27.2. The first kappa shape index (κ1) is 19.2. The Labute approximate surface area is 163 Å². The fraction of sp³-hybridized carbons (Fsp3) is 0.211. The zero-order valence-electron chi connectivity index (χ0n) is 14.7. The molecular weight excluding hydrogens is 418 g/mol. The minimum absolute atomic E-state index is 0.0425. The average molecular weight is 435 g/mol. The Morgan fingerprint density at radius 1 is 1.22 bits per heavy atom. The van der Waals surface area contributed by atoms with Crippen LogP contribution in [0.1, 0.15) is 17.8 Å². The van der Waals surface area contributed by atoms with Crippen molar-refractivity contribution in [2.24, 2.45) is 0 Å². The van der Waals surface area contributed by atoms with Crippen LogP contribution < -0.4 is 10.2 Å². The fourth-order valence-corrected chi connectivity index (χ4v) is 3.19. The summed E-state index contributed by atoms with van der Waals surface area (Å²) in [4.78, 5) is 21.8. The molecule has 0 spiro atoms. The molecule has 0 fully saturated rings. The molecule has 0 saturated heterocycles. The molecule has 27 heavy (non-hydrogen) atoms. The summed E-state index contributed by atoms with van der Waals surface area (Å²) in [6, 6.07) is 12.4. The minimum atomic E-state index is -2.79. The van der Waals surface area contributed by atoms with Gasteiger partial charge in [0.15, 0.2) is 5.82 Å². The molecule has 0 aliphatic carbocycles. The first-order valence-corrected chi connectivity index (χ1v) is 8.96. The fourth-order valence-electron chi connectivity index (χ4n) is 2.71. The highest BCUT2D eigenvalue weighted by molar-refractivity contribution is 9.10. The number of carbonyl (C=O) groups excluding carboxylic acids is 1. The van der Waals surface area contributed by atoms with Crippen LogP contribution in [0.5, 0.6) is 0 Å². The van der Waals surface area contributed by atoms with Crippen LogP contribution in [0.3, 0.4) is 0 Å². The molecule has 3 aromatic rings. The lowest BCUT2D eigenvalue weighted by Gasteiger charge is -2.20. The molecule has 1 heterocycles. The topological polar surface area (TPSA) is 58.1 Å². The molecule has 5 nitrogen and oxygen atoms in total. The van der Waals surface area contributed by atoms with E-state index in [0.717, 1.165) is 10.0 Å². The number of halogens is 3. The summed E-state index contributed by atoms with van der Waals surface area (Å²) in [5, 5.41) is 3.44. The third-order valence-electron chi connectivity index (χ3n) is 4.00. The van der Waals surface area contributed by atoms with Crippen LogP contribution in [0.2, 0.25) is 0 Å². The van der Waals surface area contributed by atoms with Crippen molar-refractivity contribution >= 4 is 44.2 Å². The predicted octanol–water partition coefficient (Wildman–Crippen LogP) is 4.71. The number of aromatic nitrogens is 2. The average Bonchev–Trinajstić information content (AvgIpc) is 2.63. The Kier molecular flexibility index (Phi) is 5.65.